The number of carboxylic acids is 1. The van der Waals surface area contributed by atoms with Crippen molar-refractivity contribution in [3.05, 3.63) is 35.9 Å². The second-order valence-corrected chi connectivity index (χ2v) is 19.5. The molecule has 8 nitrogen and oxygen atoms in total. The summed E-state index contributed by atoms with van der Waals surface area (Å²) in [6.45, 7) is 22.9. The summed E-state index contributed by atoms with van der Waals surface area (Å²) in [6, 6.07) is 9.64. The van der Waals surface area contributed by atoms with Crippen LogP contribution in [0.15, 0.2) is 30.3 Å². The van der Waals surface area contributed by atoms with Gasteiger partial charge in [-0.1, -0.05) is 78.8 Å². The number of hydrogen-bond acceptors (Lipinski definition) is 7. The maximum Gasteiger partial charge on any atom is 0.308 e. The van der Waals surface area contributed by atoms with E-state index in [4.69, 9.17) is 18.6 Å². The summed E-state index contributed by atoms with van der Waals surface area (Å²) in [6.07, 6.45) is -2.70. The first kappa shape index (κ1) is 35.1. The van der Waals surface area contributed by atoms with Crippen molar-refractivity contribution < 1.29 is 38.8 Å². The molecule has 2 fully saturated rings. The number of benzene rings is 1. The van der Waals surface area contributed by atoms with E-state index < -0.39 is 50.4 Å². The Kier molecular flexibility index (Phi) is 11.2. The van der Waals surface area contributed by atoms with Crippen LogP contribution < -0.4 is 0 Å². The molecule has 0 unspecified atom stereocenters. The molecule has 2 saturated heterocycles. The van der Waals surface area contributed by atoms with E-state index in [0.717, 1.165) is 5.56 Å². The minimum absolute atomic E-state index is 0.0230. The molecule has 9 heteroatoms. The van der Waals surface area contributed by atoms with E-state index in [9.17, 15) is 20.1 Å². The van der Waals surface area contributed by atoms with Crippen LogP contribution >= 0.6 is 0 Å². The third-order valence-corrected chi connectivity index (χ3v) is 14.8. The smallest absolute Gasteiger partial charge is 0.308 e. The van der Waals surface area contributed by atoms with Crippen molar-refractivity contribution in [1.29, 1.82) is 0 Å². The number of rotatable bonds is 13. The first-order valence-electron chi connectivity index (χ1n) is 15.6. The van der Waals surface area contributed by atoms with Crippen molar-refractivity contribution >= 4 is 14.3 Å². The molecule has 0 aliphatic carbocycles. The van der Waals surface area contributed by atoms with E-state index in [-0.39, 0.29) is 40.9 Å². The zero-order valence-electron chi connectivity index (χ0n) is 27.5. The molecule has 0 radical (unpaired) electrons. The monoisotopic (exact) mass is 608 g/mol. The third kappa shape index (κ3) is 7.65. The van der Waals surface area contributed by atoms with Crippen LogP contribution in [-0.4, -0.2) is 72.3 Å². The summed E-state index contributed by atoms with van der Waals surface area (Å²) >= 11 is 0. The largest absolute Gasteiger partial charge is 0.481 e. The lowest BCUT2D eigenvalue weighted by Crippen LogP contribution is -2.55. The lowest BCUT2D eigenvalue weighted by molar-refractivity contribution is -0.290. The summed E-state index contributed by atoms with van der Waals surface area (Å²) in [5, 5.41) is 31.5. The highest BCUT2D eigenvalue weighted by Crippen LogP contribution is 2.49. The molecular weight excluding hydrogens is 552 g/mol. The van der Waals surface area contributed by atoms with Gasteiger partial charge in [-0.05, 0) is 44.3 Å². The third-order valence-electron chi connectivity index (χ3n) is 10.4. The van der Waals surface area contributed by atoms with Gasteiger partial charge in [0, 0.05) is 23.3 Å². The molecule has 2 heterocycles. The van der Waals surface area contributed by atoms with Crippen molar-refractivity contribution in [3.63, 3.8) is 0 Å². The normalized spacial score (nSPS) is 31.8. The average Bonchev–Trinajstić information content (AvgIpc) is 3.69. The summed E-state index contributed by atoms with van der Waals surface area (Å²) in [4.78, 5) is 12.1. The quantitative estimate of drug-likeness (QED) is 0.184. The number of carbonyl (C=O) groups is 1. The Balaban J connectivity index is 1.93. The molecular formula is C33H56O8Si. The molecule has 0 aromatic heterocycles. The first-order valence-corrected chi connectivity index (χ1v) is 18.5. The van der Waals surface area contributed by atoms with Crippen LogP contribution in [0, 0.1) is 29.6 Å². The van der Waals surface area contributed by atoms with Gasteiger partial charge in [-0.2, -0.15) is 0 Å². The van der Waals surface area contributed by atoms with Gasteiger partial charge in [0.1, 0.15) is 5.60 Å². The van der Waals surface area contributed by atoms with Gasteiger partial charge >= 0.3 is 5.97 Å². The maximum absolute atomic E-state index is 12.1. The van der Waals surface area contributed by atoms with Crippen LogP contribution in [0.1, 0.15) is 80.6 Å². The number of ether oxygens (including phenoxy) is 3. The molecule has 1 aromatic rings. The van der Waals surface area contributed by atoms with Crippen molar-refractivity contribution in [2.24, 2.45) is 29.6 Å². The molecule has 0 spiro atoms. The van der Waals surface area contributed by atoms with Gasteiger partial charge in [0.05, 0.1) is 43.0 Å². The predicted octanol–water partition coefficient (Wildman–Crippen LogP) is 6.03. The molecule has 240 valence electrons. The van der Waals surface area contributed by atoms with Crippen molar-refractivity contribution in [1.82, 2.24) is 0 Å². The van der Waals surface area contributed by atoms with Gasteiger partial charge in [-0.3, -0.25) is 4.79 Å². The Hall–Kier alpha value is -1.33. The molecule has 3 rings (SSSR count). The predicted molar refractivity (Wildman–Crippen MR) is 165 cm³/mol. The van der Waals surface area contributed by atoms with Crippen LogP contribution in [0.5, 0.6) is 0 Å². The van der Waals surface area contributed by atoms with Crippen LogP contribution in [-0.2, 0) is 23.4 Å². The average molecular weight is 609 g/mol. The Morgan fingerprint density at radius 3 is 2.05 bits per heavy atom. The summed E-state index contributed by atoms with van der Waals surface area (Å²) in [7, 11) is -2.28. The number of aliphatic carboxylic acids is 1. The highest BCUT2D eigenvalue weighted by atomic mass is 28.4. The van der Waals surface area contributed by atoms with Crippen molar-refractivity contribution in [2.75, 3.05) is 6.61 Å². The van der Waals surface area contributed by atoms with Crippen LogP contribution in [0.2, 0.25) is 18.1 Å². The molecule has 0 amide bonds. The zero-order chi connectivity index (χ0) is 31.8. The summed E-state index contributed by atoms with van der Waals surface area (Å²) in [5.74, 6) is -2.43. The summed E-state index contributed by atoms with van der Waals surface area (Å²) < 4.78 is 26.3. The molecule has 3 N–H and O–H groups in total. The van der Waals surface area contributed by atoms with Gasteiger partial charge in [-0.15, -0.1) is 0 Å². The van der Waals surface area contributed by atoms with Crippen LogP contribution in [0.4, 0.5) is 0 Å². The maximum atomic E-state index is 12.1. The number of aliphatic hydroxyl groups excluding tert-OH is 2. The lowest BCUT2D eigenvalue weighted by atomic mass is 9.76. The van der Waals surface area contributed by atoms with E-state index in [1.165, 1.54) is 0 Å². The van der Waals surface area contributed by atoms with Crippen LogP contribution in [0.3, 0.4) is 0 Å². The van der Waals surface area contributed by atoms with Gasteiger partial charge in [0.2, 0.25) is 0 Å². The highest BCUT2D eigenvalue weighted by molar-refractivity contribution is 6.74. The fourth-order valence-corrected chi connectivity index (χ4v) is 7.59. The topological polar surface area (TPSA) is 118 Å². The van der Waals surface area contributed by atoms with E-state index >= 15 is 0 Å². The second-order valence-electron chi connectivity index (χ2n) is 14.7. The van der Waals surface area contributed by atoms with Crippen LogP contribution in [0.25, 0.3) is 0 Å². The van der Waals surface area contributed by atoms with Crippen molar-refractivity contribution in [3.8, 4) is 0 Å². The summed E-state index contributed by atoms with van der Waals surface area (Å²) in [5.41, 5.74) is 0.232. The number of hydrogen-bond donors (Lipinski definition) is 3. The zero-order valence-corrected chi connectivity index (χ0v) is 28.5. The molecule has 2 aliphatic heterocycles. The molecule has 42 heavy (non-hydrogen) atoms. The van der Waals surface area contributed by atoms with E-state index in [1.54, 1.807) is 13.8 Å². The Morgan fingerprint density at radius 2 is 1.57 bits per heavy atom. The number of aliphatic hydroxyl groups is 2. The SMILES string of the molecule is C[C@@H]1[C@H]([C@@H](C)C[C@]2([C@@H](O[Si](C)(C)C(C)(C)C)[C@H](C)[C@@H](O)[C@@H](C)[C@@H](C)O)CO2)O[C@H](c2ccccc2)O[C@@H]1[C@@H](C)C(=O)O. The van der Waals surface area contributed by atoms with Crippen molar-refractivity contribution in [2.45, 2.75) is 129 Å². The van der Waals surface area contributed by atoms with Gasteiger partial charge < -0.3 is 34.0 Å². The van der Waals surface area contributed by atoms with E-state index in [1.807, 2.05) is 51.1 Å². The standard InChI is InChI=1S/C33H56O8Si/c1-19(27-22(4)28(23(5)30(36)37)40-31(39-27)25-15-13-12-14-16-25)17-33(18-38-33)29(41-42(10,11)32(7,8)9)21(3)26(35)20(2)24(6)34/h12-16,19-24,26-29,31,34-35H,17-18H2,1-11H3,(H,36,37)/t19-,20-,21+,22+,23+,24+,26-,27-,28-,29-,31-,33+/m0/s1. The minimum atomic E-state index is -2.28. The highest BCUT2D eigenvalue weighted by Gasteiger charge is 2.59. The second kappa shape index (κ2) is 13.3. The molecule has 0 saturated carbocycles. The Morgan fingerprint density at radius 1 is 1.02 bits per heavy atom. The molecule has 1 aromatic carbocycles. The fourth-order valence-electron chi connectivity index (χ4n) is 6.17. The molecule has 2 aliphatic rings. The van der Waals surface area contributed by atoms with Gasteiger partial charge in [0.25, 0.3) is 0 Å². The number of epoxide rings is 1. The molecule has 12 atom stereocenters. The van der Waals surface area contributed by atoms with Gasteiger partial charge in [0.15, 0.2) is 14.6 Å². The van der Waals surface area contributed by atoms with E-state index in [0.29, 0.717) is 13.0 Å². The first-order chi connectivity index (χ1) is 19.3. The minimum Gasteiger partial charge on any atom is -0.481 e. The lowest BCUT2D eigenvalue weighted by Gasteiger charge is -2.47. The number of carboxylic acid groups (broad SMARTS) is 1. The fraction of sp³-hybridized carbons (Fsp3) is 0.788. The Bertz CT molecular complexity index is 1020. The Labute approximate surface area is 254 Å². The van der Waals surface area contributed by atoms with Gasteiger partial charge in [-0.25, -0.2) is 0 Å². The van der Waals surface area contributed by atoms with E-state index in [2.05, 4.69) is 40.8 Å². The molecule has 0 bridgehead atoms.